The third kappa shape index (κ3) is 3.82. The highest BCUT2D eigenvalue weighted by Crippen LogP contribution is 2.31. The summed E-state index contributed by atoms with van der Waals surface area (Å²) in [6.07, 6.45) is 5.68. The van der Waals surface area contributed by atoms with Gasteiger partial charge in [0.2, 0.25) is 0 Å². The lowest BCUT2D eigenvalue weighted by Crippen LogP contribution is -2.05. The summed E-state index contributed by atoms with van der Waals surface area (Å²) >= 11 is 0. The maximum atomic E-state index is 12.4. The van der Waals surface area contributed by atoms with Gasteiger partial charge in [-0.1, -0.05) is 12.5 Å². The molecule has 136 valence electrons. The molecule has 0 saturated heterocycles. The topological polar surface area (TPSA) is 73.0 Å². The van der Waals surface area contributed by atoms with Crippen molar-refractivity contribution in [2.45, 2.75) is 38.8 Å². The van der Waals surface area contributed by atoms with E-state index in [2.05, 4.69) is 21.0 Å². The van der Waals surface area contributed by atoms with Gasteiger partial charge in [-0.15, -0.1) is 10.2 Å². The minimum Gasteiger partial charge on any atom is -0.493 e. The minimum atomic E-state index is -2.94. The molecule has 0 saturated carbocycles. The molecule has 6 nitrogen and oxygen atoms in total. The van der Waals surface area contributed by atoms with Gasteiger partial charge in [0.05, 0.1) is 12.7 Å². The average molecular weight is 360 g/mol. The Kier molecular flexibility index (Phi) is 5.46. The fraction of sp³-hybridized carbons (Fsp3) is 0.389. The van der Waals surface area contributed by atoms with Crippen molar-refractivity contribution in [3.8, 4) is 17.6 Å². The zero-order chi connectivity index (χ0) is 18.5. The van der Waals surface area contributed by atoms with Crippen LogP contribution in [-0.4, -0.2) is 28.5 Å². The number of benzene rings is 1. The highest BCUT2D eigenvalue weighted by Gasteiger charge is 2.18. The minimum absolute atomic E-state index is 0.0606. The highest BCUT2D eigenvalue weighted by molar-refractivity contribution is 5.87. The molecule has 0 atom stereocenters. The molecule has 2 heterocycles. The van der Waals surface area contributed by atoms with Gasteiger partial charge in [-0.2, -0.15) is 14.0 Å². The first-order valence-corrected chi connectivity index (χ1v) is 8.29. The summed E-state index contributed by atoms with van der Waals surface area (Å²) in [6, 6.07) is 6.66. The Hall–Kier alpha value is -2.95. The van der Waals surface area contributed by atoms with E-state index in [0.29, 0.717) is 17.0 Å². The second-order valence-electron chi connectivity index (χ2n) is 5.86. The highest BCUT2D eigenvalue weighted by atomic mass is 19.3. The van der Waals surface area contributed by atoms with Crippen molar-refractivity contribution in [1.82, 2.24) is 14.8 Å². The number of aryl methyl sites for hydroxylation is 1. The van der Waals surface area contributed by atoms with E-state index in [0.717, 1.165) is 38.1 Å². The number of nitrogens with zero attached hydrogens (tertiary/aromatic N) is 4. The number of hydrogen-bond acceptors (Lipinski definition) is 5. The van der Waals surface area contributed by atoms with E-state index in [4.69, 9.17) is 4.74 Å². The van der Waals surface area contributed by atoms with Gasteiger partial charge in [0, 0.05) is 13.0 Å². The fourth-order valence-electron chi connectivity index (χ4n) is 2.97. The molecule has 2 aromatic rings. The summed E-state index contributed by atoms with van der Waals surface area (Å²) in [4.78, 5) is 0. The molecule has 0 radical (unpaired) electrons. The van der Waals surface area contributed by atoms with Crippen molar-refractivity contribution in [3.05, 3.63) is 35.4 Å². The third-order valence-corrected chi connectivity index (χ3v) is 4.19. The largest absolute Gasteiger partial charge is 0.493 e. The number of rotatable bonds is 5. The lowest BCUT2D eigenvalue weighted by Gasteiger charge is -2.10. The number of fused-ring (bicyclic) bond motifs is 1. The number of alkyl halides is 2. The SMILES string of the molecule is COc1cc(/C=C(\C#N)c2nnc3n2CCCCC3)ccc1OC(F)F. The van der Waals surface area contributed by atoms with E-state index in [1.165, 1.54) is 19.2 Å². The molecule has 0 spiro atoms. The molecule has 0 fully saturated rings. The van der Waals surface area contributed by atoms with E-state index in [-0.39, 0.29) is 11.5 Å². The maximum absolute atomic E-state index is 12.4. The molecule has 0 bridgehead atoms. The van der Waals surface area contributed by atoms with Crippen molar-refractivity contribution in [2.24, 2.45) is 0 Å². The van der Waals surface area contributed by atoms with Crippen LogP contribution in [0.25, 0.3) is 11.6 Å². The second kappa shape index (κ2) is 7.95. The normalized spacial score (nSPS) is 14.5. The van der Waals surface area contributed by atoms with Crippen LogP contribution in [0.4, 0.5) is 8.78 Å². The van der Waals surface area contributed by atoms with Gasteiger partial charge in [-0.05, 0) is 36.6 Å². The van der Waals surface area contributed by atoms with Crippen LogP contribution in [-0.2, 0) is 13.0 Å². The van der Waals surface area contributed by atoms with Crippen LogP contribution >= 0.6 is 0 Å². The Bertz CT molecular complexity index is 855. The third-order valence-electron chi connectivity index (χ3n) is 4.19. The van der Waals surface area contributed by atoms with Gasteiger partial charge in [0.15, 0.2) is 17.3 Å². The summed E-state index contributed by atoms with van der Waals surface area (Å²) in [5.74, 6) is 1.51. The summed E-state index contributed by atoms with van der Waals surface area (Å²) < 4.78 is 36.3. The summed E-state index contributed by atoms with van der Waals surface area (Å²) in [5, 5.41) is 18.0. The molecule has 26 heavy (non-hydrogen) atoms. The van der Waals surface area contributed by atoms with Gasteiger partial charge < -0.3 is 14.0 Å². The van der Waals surface area contributed by atoms with E-state index >= 15 is 0 Å². The molecule has 1 aromatic carbocycles. The van der Waals surface area contributed by atoms with Crippen molar-refractivity contribution in [1.29, 1.82) is 5.26 Å². The van der Waals surface area contributed by atoms with Crippen LogP contribution in [0.2, 0.25) is 0 Å². The van der Waals surface area contributed by atoms with Crippen molar-refractivity contribution in [3.63, 3.8) is 0 Å². The van der Waals surface area contributed by atoms with Gasteiger partial charge in [-0.25, -0.2) is 0 Å². The van der Waals surface area contributed by atoms with Crippen molar-refractivity contribution >= 4 is 11.6 Å². The Labute approximate surface area is 149 Å². The van der Waals surface area contributed by atoms with Crippen LogP contribution in [0, 0.1) is 11.3 Å². The molecule has 8 heteroatoms. The Morgan fingerprint density at radius 2 is 2.12 bits per heavy atom. The van der Waals surface area contributed by atoms with Crippen LogP contribution in [0.5, 0.6) is 11.5 Å². The first kappa shape index (κ1) is 17.9. The molecule has 0 unspecified atom stereocenters. The molecule has 1 aliphatic heterocycles. The summed E-state index contributed by atoms with van der Waals surface area (Å²) in [5.41, 5.74) is 0.973. The number of halogens is 2. The van der Waals surface area contributed by atoms with E-state index in [9.17, 15) is 14.0 Å². The van der Waals surface area contributed by atoms with Crippen LogP contribution in [0.15, 0.2) is 18.2 Å². The second-order valence-corrected chi connectivity index (χ2v) is 5.86. The molecule has 1 aliphatic rings. The number of allylic oxidation sites excluding steroid dienone is 1. The van der Waals surface area contributed by atoms with E-state index in [1.807, 2.05) is 4.57 Å². The van der Waals surface area contributed by atoms with Crippen LogP contribution in [0.3, 0.4) is 0 Å². The maximum Gasteiger partial charge on any atom is 0.387 e. The molecule has 0 aliphatic carbocycles. The lowest BCUT2D eigenvalue weighted by atomic mass is 10.1. The summed E-state index contributed by atoms with van der Waals surface area (Å²) in [7, 11) is 1.37. The van der Waals surface area contributed by atoms with E-state index in [1.54, 1.807) is 12.1 Å². The van der Waals surface area contributed by atoms with Gasteiger partial charge in [0.25, 0.3) is 0 Å². The van der Waals surface area contributed by atoms with Crippen molar-refractivity contribution < 1.29 is 18.3 Å². The monoisotopic (exact) mass is 360 g/mol. The first-order valence-electron chi connectivity index (χ1n) is 8.29. The average Bonchev–Trinajstić information content (AvgIpc) is 2.88. The number of ether oxygens (including phenoxy) is 2. The number of methoxy groups -OCH3 is 1. The lowest BCUT2D eigenvalue weighted by molar-refractivity contribution is -0.0512. The zero-order valence-electron chi connectivity index (χ0n) is 14.3. The molecular formula is C18H18F2N4O2. The smallest absolute Gasteiger partial charge is 0.387 e. The predicted octanol–water partition coefficient (Wildman–Crippen LogP) is 3.68. The van der Waals surface area contributed by atoms with Crippen LogP contribution in [0.1, 0.15) is 36.5 Å². The van der Waals surface area contributed by atoms with Crippen LogP contribution < -0.4 is 9.47 Å². The molecule has 0 amide bonds. The Balaban J connectivity index is 1.95. The Morgan fingerprint density at radius 3 is 2.85 bits per heavy atom. The molecule has 1 aromatic heterocycles. The predicted molar refractivity (Wildman–Crippen MR) is 90.7 cm³/mol. The van der Waals surface area contributed by atoms with E-state index < -0.39 is 6.61 Å². The zero-order valence-corrected chi connectivity index (χ0v) is 14.3. The molecule has 0 N–H and O–H groups in total. The van der Waals surface area contributed by atoms with Gasteiger partial charge in [0.1, 0.15) is 11.9 Å². The first-order chi connectivity index (χ1) is 12.6. The van der Waals surface area contributed by atoms with Crippen molar-refractivity contribution in [2.75, 3.05) is 7.11 Å². The number of nitriles is 1. The number of aromatic nitrogens is 3. The quantitative estimate of drug-likeness (QED) is 0.761. The molecule has 3 rings (SSSR count). The fourth-order valence-corrected chi connectivity index (χ4v) is 2.97. The van der Waals surface area contributed by atoms with Gasteiger partial charge in [-0.3, -0.25) is 0 Å². The Morgan fingerprint density at radius 1 is 1.27 bits per heavy atom. The van der Waals surface area contributed by atoms with Gasteiger partial charge >= 0.3 is 6.61 Å². The standard InChI is InChI=1S/C18H18F2N4O2/c1-25-15-10-12(6-7-14(15)26-18(19)20)9-13(11-21)17-23-22-16-5-3-2-4-8-24(16)17/h6-7,9-10,18H,2-5,8H2,1H3/b13-9+. The number of hydrogen-bond donors (Lipinski definition) is 0. The summed E-state index contributed by atoms with van der Waals surface area (Å²) in [6.45, 7) is -2.16. The molecular weight excluding hydrogens is 342 g/mol.